The fourth-order valence-corrected chi connectivity index (χ4v) is 3.94. The zero-order chi connectivity index (χ0) is 23.1. The maximum atomic E-state index is 13.3. The molecule has 166 valence electrons. The summed E-state index contributed by atoms with van der Waals surface area (Å²) in [4.78, 5) is 35.4. The van der Waals surface area contributed by atoms with E-state index in [2.05, 4.69) is 9.97 Å². The van der Waals surface area contributed by atoms with Gasteiger partial charge < -0.3 is 24.0 Å². The third-order valence-electron chi connectivity index (χ3n) is 5.51. The summed E-state index contributed by atoms with van der Waals surface area (Å²) in [5.41, 5.74) is 1.67. The van der Waals surface area contributed by atoms with Crippen molar-refractivity contribution in [3.63, 3.8) is 0 Å². The molecule has 9 nitrogen and oxygen atoms in total. The van der Waals surface area contributed by atoms with Crippen molar-refractivity contribution in [3.05, 3.63) is 83.5 Å². The number of nitrogens with one attached hydrogen (secondary N) is 1. The Morgan fingerprint density at radius 2 is 1.88 bits per heavy atom. The molecular weight excluding hydrogens is 426 g/mol. The SMILES string of the molecule is COc1cccc(C2C(C(=O)c3ccco3)=C(O)C(=O)N2c2nc3ccc(OC)cc3[nH]2)c1. The van der Waals surface area contributed by atoms with Crippen LogP contribution in [0.4, 0.5) is 5.95 Å². The number of nitrogens with zero attached hydrogens (tertiary/aromatic N) is 2. The monoisotopic (exact) mass is 445 g/mol. The zero-order valence-electron chi connectivity index (χ0n) is 17.7. The maximum absolute atomic E-state index is 13.3. The number of hydrogen-bond donors (Lipinski definition) is 2. The largest absolute Gasteiger partial charge is 0.503 e. The second-order valence-electron chi connectivity index (χ2n) is 7.37. The Morgan fingerprint density at radius 3 is 2.61 bits per heavy atom. The van der Waals surface area contributed by atoms with Crippen LogP contribution in [-0.2, 0) is 4.79 Å². The van der Waals surface area contributed by atoms with Gasteiger partial charge in [0.15, 0.2) is 11.5 Å². The van der Waals surface area contributed by atoms with E-state index in [1.54, 1.807) is 55.6 Å². The molecule has 2 aromatic heterocycles. The number of aliphatic hydroxyl groups is 1. The molecule has 1 atom stereocenters. The Morgan fingerprint density at radius 1 is 1.09 bits per heavy atom. The second-order valence-corrected chi connectivity index (χ2v) is 7.37. The van der Waals surface area contributed by atoms with E-state index in [1.807, 2.05) is 0 Å². The number of imidazole rings is 1. The van der Waals surface area contributed by atoms with Gasteiger partial charge >= 0.3 is 0 Å². The number of methoxy groups -OCH3 is 2. The lowest BCUT2D eigenvalue weighted by Crippen LogP contribution is -2.32. The number of anilines is 1. The molecule has 0 saturated heterocycles. The van der Waals surface area contributed by atoms with E-state index in [0.717, 1.165) is 0 Å². The van der Waals surface area contributed by atoms with Crippen molar-refractivity contribution in [1.29, 1.82) is 0 Å². The summed E-state index contributed by atoms with van der Waals surface area (Å²) in [6.07, 6.45) is 1.35. The van der Waals surface area contributed by atoms with E-state index in [9.17, 15) is 14.7 Å². The summed E-state index contributed by atoms with van der Waals surface area (Å²) in [5, 5.41) is 10.8. The highest BCUT2D eigenvalue weighted by Crippen LogP contribution is 2.42. The molecule has 0 saturated carbocycles. The van der Waals surface area contributed by atoms with Crippen LogP contribution in [0.3, 0.4) is 0 Å². The first-order chi connectivity index (χ1) is 16.0. The summed E-state index contributed by atoms with van der Waals surface area (Å²) in [7, 11) is 3.07. The highest BCUT2D eigenvalue weighted by atomic mass is 16.5. The number of amides is 1. The summed E-state index contributed by atoms with van der Waals surface area (Å²) in [5.74, 6) is -0.696. The van der Waals surface area contributed by atoms with Crippen molar-refractivity contribution >= 4 is 28.7 Å². The number of hydrogen-bond acceptors (Lipinski definition) is 7. The minimum atomic E-state index is -0.965. The molecule has 1 aliphatic rings. The molecule has 1 unspecified atom stereocenters. The molecule has 0 spiro atoms. The van der Waals surface area contributed by atoms with Crippen LogP contribution < -0.4 is 14.4 Å². The van der Waals surface area contributed by atoms with E-state index >= 15 is 0 Å². The summed E-state index contributed by atoms with van der Waals surface area (Å²) in [6.45, 7) is 0. The molecule has 0 bridgehead atoms. The van der Waals surface area contributed by atoms with E-state index in [-0.39, 0.29) is 17.3 Å². The Hall–Kier alpha value is -4.53. The van der Waals surface area contributed by atoms with Gasteiger partial charge in [-0.3, -0.25) is 14.5 Å². The van der Waals surface area contributed by atoms with Crippen molar-refractivity contribution in [2.75, 3.05) is 19.1 Å². The lowest BCUT2D eigenvalue weighted by molar-refractivity contribution is -0.117. The molecule has 2 aromatic carbocycles. The lowest BCUT2D eigenvalue weighted by Gasteiger charge is -2.24. The van der Waals surface area contributed by atoms with Gasteiger partial charge in [-0.05, 0) is 42.0 Å². The van der Waals surface area contributed by atoms with Crippen molar-refractivity contribution < 1.29 is 28.6 Å². The maximum Gasteiger partial charge on any atom is 0.296 e. The number of furan rings is 1. The molecule has 9 heteroatoms. The van der Waals surface area contributed by atoms with Crippen molar-refractivity contribution in [2.45, 2.75) is 6.04 Å². The number of aromatic amines is 1. The third kappa shape index (κ3) is 3.30. The Labute approximate surface area is 187 Å². The first-order valence-corrected chi connectivity index (χ1v) is 10.0. The summed E-state index contributed by atoms with van der Waals surface area (Å²) < 4.78 is 15.8. The van der Waals surface area contributed by atoms with Crippen LogP contribution in [0.1, 0.15) is 22.2 Å². The number of H-pyrrole nitrogens is 1. The predicted molar refractivity (Wildman–Crippen MR) is 119 cm³/mol. The van der Waals surface area contributed by atoms with Crippen molar-refractivity contribution in [3.8, 4) is 11.5 Å². The first-order valence-electron chi connectivity index (χ1n) is 10.0. The van der Waals surface area contributed by atoms with Gasteiger partial charge in [-0.2, -0.15) is 0 Å². The smallest absolute Gasteiger partial charge is 0.296 e. The van der Waals surface area contributed by atoms with Crippen molar-refractivity contribution in [1.82, 2.24) is 9.97 Å². The first kappa shape index (κ1) is 20.4. The van der Waals surface area contributed by atoms with Gasteiger partial charge in [0.2, 0.25) is 11.7 Å². The predicted octanol–water partition coefficient (Wildman–Crippen LogP) is 3.96. The highest BCUT2D eigenvalue weighted by Gasteiger charge is 2.46. The number of fused-ring (bicyclic) bond motifs is 1. The number of carbonyl (C=O) groups excluding carboxylic acids is 2. The minimum Gasteiger partial charge on any atom is -0.503 e. The van der Waals surface area contributed by atoms with Gasteiger partial charge in [0.1, 0.15) is 11.5 Å². The van der Waals surface area contributed by atoms with Gasteiger partial charge in [0.05, 0.1) is 43.1 Å². The topological polar surface area (TPSA) is 118 Å². The van der Waals surface area contributed by atoms with E-state index < -0.39 is 23.5 Å². The number of benzene rings is 2. The van der Waals surface area contributed by atoms with Gasteiger partial charge in [0, 0.05) is 6.07 Å². The third-order valence-corrected chi connectivity index (χ3v) is 5.51. The molecular formula is C24H19N3O6. The summed E-state index contributed by atoms with van der Waals surface area (Å²) in [6, 6.07) is 14.2. The van der Waals surface area contributed by atoms with Crippen LogP contribution in [0.2, 0.25) is 0 Å². The van der Waals surface area contributed by atoms with E-state index in [0.29, 0.717) is 28.1 Å². The Kier molecular flexibility index (Phi) is 4.86. The second kappa shape index (κ2) is 7.86. The number of Topliss-reactive ketones (excluding diaryl/α,β-unsaturated/α-hetero) is 1. The number of carbonyl (C=O) groups is 2. The average molecular weight is 445 g/mol. The minimum absolute atomic E-state index is 0.00781. The average Bonchev–Trinajstić information content (AvgIpc) is 3.57. The Balaban J connectivity index is 1.68. The number of ether oxygens (including phenoxy) is 2. The lowest BCUT2D eigenvalue weighted by atomic mass is 9.95. The number of aliphatic hydroxyl groups excluding tert-OH is 1. The Bertz CT molecular complexity index is 1400. The molecule has 33 heavy (non-hydrogen) atoms. The van der Waals surface area contributed by atoms with Gasteiger partial charge in [-0.25, -0.2) is 4.98 Å². The standard InChI is InChI=1S/C24H19N3O6/c1-31-14-6-3-5-13(11-14)20-19(21(28)18-7-4-10-33-18)22(29)23(30)27(20)24-25-16-9-8-15(32-2)12-17(16)26-24/h3-12,20,29H,1-2H3,(H,25,26). The number of rotatable bonds is 6. The summed E-state index contributed by atoms with van der Waals surface area (Å²) >= 11 is 0. The molecule has 0 fully saturated rings. The molecule has 2 N–H and O–H groups in total. The van der Waals surface area contributed by atoms with Crippen LogP contribution in [-0.4, -0.2) is 41.0 Å². The van der Waals surface area contributed by atoms with Crippen LogP contribution in [0.25, 0.3) is 11.0 Å². The van der Waals surface area contributed by atoms with Crippen LogP contribution in [0.5, 0.6) is 11.5 Å². The molecule has 4 aromatic rings. The van der Waals surface area contributed by atoms with E-state index in [4.69, 9.17) is 13.9 Å². The fraction of sp³-hybridized carbons (Fsp3) is 0.125. The molecule has 0 radical (unpaired) electrons. The van der Waals surface area contributed by atoms with Crippen LogP contribution >= 0.6 is 0 Å². The zero-order valence-corrected chi connectivity index (χ0v) is 17.7. The van der Waals surface area contributed by atoms with Crippen molar-refractivity contribution in [2.24, 2.45) is 0 Å². The van der Waals surface area contributed by atoms with Crippen LogP contribution in [0.15, 0.2) is 76.6 Å². The molecule has 0 aliphatic carbocycles. The molecule has 3 heterocycles. The van der Waals surface area contributed by atoms with Gasteiger partial charge in [-0.15, -0.1) is 0 Å². The molecule has 5 rings (SSSR count). The fourth-order valence-electron chi connectivity index (χ4n) is 3.94. The number of aromatic nitrogens is 2. The normalized spacial score (nSPS) is 16.0. The number of ketones is 1. The molecule has 1 amide bonds. The van der Waals surface area contributed by atoms with Gasteiger partial charge in [0.25, 0.3) is 5.91 Å². The van der Waals surface area contributed by atoms with E-state index in [1.165, 1.54) is 24.3 Å². The van der Waals surface area contributed by atoms with Crippen LogP contribution in [0, 0.1) is 0 Å². The quantitative estimate of drug-likeness (QED) is 0.431. The highest BCUT2D eigenvalue weighted by molar-refractivity contribution is 6.20. The van der Waals surface area contributed by atoms with Gasteiger partial charge in [-0.1, -0.05) is 12.1 Å². The molecule has 1 aliphatic heterocycles.